The van der Waals surface area contributed by atoms with Crippen molar-refractivity contribution < 1.29 is 36.0 Å². The number of hydrogen-bond acceptors (Lipinski definition) is 9. The number of benzene rings is 1. The summed E-state index contributed by atoms with van der Waals surface area (Å²) in [5.41, 5.74) is -0.656. The Hall–Kier alpha value is -2.00. The minimum atomic E-state index is -4.24. The molecule has 26 heavy (non-hydrogen) atoms. The van der Waals surface area contributed by atoms with E-state index < -0.39 is 41.3 Å². The molecular weight excluding hydrogens is 394 g/mol. The molecular formula is C12H17N3O9S2. The Labute approximate surface area is 149 Å². The maximum absolute atomic E-state index is 12.4. The zero-order valence-corrected chi connectivity index (χ0v) is 15.0. The Morgan fingerprint density at radius 2 is 1.77 bits per heavy atom. The van der Waals surface area contributed by atoms with Gasteiger partial charge < -0.3 is 14.2 Å². The fourth-order valence-corrected chi connectivity index (χ4v) is 3.55. The van der Waals surface area contributed by atoms with Gasteiger partial charge in [-0.05, 0) is 0 Å². The van der Waals surface area contributed by atoms with E-state index in [1.165, 1.54) is 0 Å². The molecule has 0 saturated carbocycles. The SMILES string of the molecule is NS(=O)(=O)CCOCCNS(=O)(=O)c1cc2c(cc1[N+](=O)[O-])OCCO2. The summed E-state index contributed by atoms with van der Waals surface area (Å²) in [6.45, 7) is -0.184. The zero-order chi connectivity index (χ0) is 19.4. The van der Waals surface area contributed by atoms with Crippen molar-refractivity contribution >= 4 is 25.7 Å². The lowest BCUT2D eigenvalue weighted by Crippen LogP contribution is -2.29. The molecule has 14 heteroatoms. The Balaban J connectivity index is 2.07. The second-order valence-electron chi connectivity index (χ2n) is 5.10. The minimum absolute atomic E-state index is 0.0895. The molecule has 0 saturated heterocycles. The topological polar surface area (TPSA) is 177 Å². The molecule has 0 atom stereocenters. The molecule has 12 nitrogen and oxygen atoms in total. The van der Waals surface area contributed by atoms with Crippen LogP contribution in [0.25, 0.3) is 0 Å². The van der Waals surface area contributed by atoms with Crippen LogP contribution in [0.15, 0.2) is 17.0 Å². The number of fused-ring (bicyclic) bond motifs is 1. The predicted molar refractivity (Wildman–Crippen MR) is 88.1 cm³/mol. The van der Waals surface area contributed by atoms with E-state index in [0.29, 0.717) is 0 Å². The first-order chi connectivity index (χ1) is 12.1. The Morgan fingerprint density at radius 3 is 2.35 bits per heavy atom. The molecule has 0 bridgehead atoms. The molecule has 0 fully saturated rings. The molecule has 3 N–H and O–H groups in total. The quantitative estimate of drug-likeness (QED) is 0.291. The molecule has 146 valence electrons. The summed E-state index contributed by atoms with van der Waals surface area (Å²) in [4.78, 5) is 9.78. The van der Waals surface area contributed by atoms with Crippen LogP contribution in [0.4, 0.5) is 5.69 Å². The molecule has 0 radical (unpaired) electrons. The van der Waals surface area contributed by atoms with Gasteiger partial charge in [-0.15, -0.1) is 0 Å². The molecule has 2 rings (SSSR count). The second-order valence-corrected chi connectivity index (χ2v) is 8.57. The van der Waals surface area contributed by atoms with E-state index >= 15 is 0 Å². The van der Waals surface area contributed by atoms with E-state index in [4.69, 9.17) is 19.3 Å². The first kappa shape index (κ1) is 20.3. The van der Waals surface area contributed by atoms with Crippen LogP contribution >= 0.6 is 0 Å². The van der Waals surface area contributed by atoms with Gasteiger partial charge in [0.1, 0.15) is 13.2 Å². The largest absolute Gasteiger partial charge is 0.486 e. The van der Waals surface area contributed by atoms with Crippen LogP contribution in [0.5, 0.6) is 11.5 Å². The van der Waals surface area contributed by atoms with Gasteiger partial charge in [0, 0.05) is 12.6 Å². The summed E-state index contributed by atoms with van der Waals surface area (Å²) in [5, 5.41) is 16.0. The van der Waals surface area contributed by atoms with E-state index in [1.54, 1.807) is 0 Å². The van der Waals surface area contributed by atoms with Crippen molar-refractivity contribution in [3.05, 3.63) is 22.2 Å². The molecule has 1 heterocycles. The van der Waals surface area contributed by atoms with Crippen LogP contribution in [0.1, 0.15) is 0 Å². The summed E-state index contributed by atoms with van der Waals surface area (Å²) in [6, 6.07) is 2.02. The van der Waals surface area contributed by atoms with Crippen molar-refractivity contribution in [1.82, 2.24) is 4.72 Å². The summed E-state index contributed by atoms with van der Waals surface area (Å²) in [6.07, 6.45) is 0. The normalized spacial score (nSPS) is 14.2. The molecule has 0 spiro atoms. The number of nitrogens with two attached hydrogens (primary N) is 1. The Kier molecular flexibility index (Phi) is 6.35. The lowest BCUT2D eigenvalue weighted by Gasteiger charge is -2.19. The number of sulfonamides is 2. The number of rotatable bonds is 9. The Bertz CT molecular complexity index is 883. The molecule has 0 unspecified atom stereocenters. The number of nitrogens with zero attached hydrogens (tertiary/aromatic N) is 1. The number of primary sulfonamides is 1. The third-order valence-corrected chi connectivity index (χ3v) is 5.39. The van der Waals surface area contributed by atoms with Gasteiger partial charge in [0.05, 0.1) is 30.0 Å². The van der Waals surface area contributed by atoms with Crippen LogP contribution in [0.2, 0.25) is 0 Å². The molecule has 0 amide bonds. The lowest BCUT2D eigenvalue weighted by molar-refractivity contribution is -0.388. The monoisotopic (exact) mass is 411 g/mol. The van der Waals surface area contributed by atoms with Crippen LogP contribution in [0, 0.1) is 10.1 Å². The van der Waals surface area contributed by atoms with Gasteiger partial charge >= 0.3 is 0 Å². The first-order valence-corrected chi connectivity index (χ1v) is 10.5. The van der Waals surface area contributed by atoms with Gasteiger partial charge in [0.2, 0.25) is 20.0 Å². The lowest BCUT2D eigenvalue weighted by atomic mass is 10.2. The summed E-state index contributed by atoms with van der Waals surface area (Å²) < 4.78 is 63.7. The molecule has 0 aromatic heterocycles. The van der Waals surface area contributed by atoms with Crippen molar-refractivity contribution in [3.63, 3.8) is 0 Å². The molecule has 1 aromatic carbocycles. The maximum atomic E-state index is 12.4. The third-order valence-electron chi connectivity index (χ3n) is 3.16. The highest BCUT2D eigenvalue weighted by molar-refractivity contribution is 7.89. The number of hydrogen-bond donors (Lipinski definition) is 2. The standard InChI is InChI=1S/C12H17N3O9S2/c13-25(18,19)6-5-22-2-1-14-26(20,21)12-8-11-10(23-3-4-24-11)7-9(12)15(16)17/h7-8,14H,1-6H2,(H2,13,18,19). The minimum Gasteiger partial charge on any atom is -0.486 e. The van der Waals surface area contributed by atoms with Gasteiger partial charge in [0.15, 0.2) is 16.4 Å². The van der Waals surface area contributed by atoms with Crippen molar-refractivity contribution in [2.24, 2.45) is 5.14 Å². The summed E-state index contributed by atoms with van der Waals surface area (Å²) in [5.74, 6) is -0.229. The highest BCUT2D eigenvalue weighted by Crippen LogP contribution is 2.38. The summed E-state index contributed by atoms with van der Waals surface area (Å²) >= 11 is 0. The maximum Gasteiger partial charge on any atom is 0.293 e. The third kappa shape index (κ3) is 5.50. The molecule has 1 aliphatic heterocycles. The van der Waals surface area contributed by atoms with Gasteiger partial charge in [-0.25, -0.2) is 26.7 Å². The molecule has 0 aliphatic carbocycles. The van der Waals surface area contributed by atoms with Gasteiger partial charge in [-0.2, -0.15) is 0 Å². The van der Waals surface area contributed by atoms with Gasteiger partial charge in [0.25, 0.3) is 5.69 Å². The van der Waals surface area contributed by atoms with Crippen molar-refractivity contribution in [2.45, 2.75) is 4.90 Å². The van der Waals surface area contributed by atoms with Crippen LogP contribution in [-0.4, -0.2) is 60.5 Å². The van der Waals surface area contributed by atoms with E-state index in [-0.39, 0.29) is 44.5 Å². The second kappa shape index (κ2) is 8.13. The first-order valence-electron chi connectivity index (χ1n) is 7.26. The van der Waals surface area contributed by atoms with Crippen LogP contribution in [-0.2, 0) is 24.8 Å². The van der Waals surface area contributed by atoms with Crippen molar-refractivity contribution in [2.75, 3.05) is 38.7 Å². The van der Waals surface area contributed by atoms with E-state index in [0.717, 1.165) is 12.1 Å². The van der Waals surface area contributed by atoms with Gasteiger partial charge in [-0.3, -0.25) is 10.1 Å². The van der Waals surface area contributed by atoms with E-state index in [9.17, 15) is 26.9 Å². The van der Waals surface area contributed by atoms with Crippen LogP contribution in [0.3, 0.4) is 0 Å². The number of ether oxygens (including phenoxy) is 3. The van der Waals surface area contributed by atoms with Crippen molar-refractivity contribution in [1.29, 1.82) is 0 Å². The number of nitro groups is 1. The highest BCUT2D eigenvalue weighted by atomic mass is 32.2. The molecule has 1 aromatic rings. The fourth-order valence-electron chi connectivity index (χ4n) is 2.02. The van der Waals surface area contributed by atoms with Crippen molar-refractivity contribution in [3.8, 4) is 11.5 Å². The number of nitro benzene ring substituents is 1. The average molecular weight is 411 g/mol. The van der Waals surface area contributed by atoms with E-state index in [1.807, 2.05) is 0 Å². The predicted octanol–water partition coefficient (Wildman–Crippen LogP) is -1.05. The smallest absolute Gasteiger partial charge is 0.293 e. The highest BCUT2D eigenvalue weighted by Gasteiger charge is 2.30. The van der Waals surface area contributed by atoms with Crippen LogP contribution < -0.4 is 19.3 Å². The zero-order valence-electron chi connectivity index (χ0n) is 13.4. The van der Waals surface area contributed by atoms with Gasteiger partial charge in [-0.1, -0.05) is 0 Å². The van der Waals surface area contributed by atoms with E-state index in [2.05, 4.69) is 4.72 Å². The average Bonchev–Trinajstić information content (AvgIpc) is 2.55. The summed E-state index contributed by atoms with van der Waals surface area (Å²) in [7, 11) is -7.91. The molecule has 1 aliphatic rings. The Morgan fingerprint density at radius 1 is 1.15 bits per heavy atom. The fraction of sp³-hybridized carbons (Fsp3) is 0.500. The number of nitrogens with one attached hydrogen (secondary N) is 1.